The van der Waals surface area contributed by atoms with Gasteiger partial charge < -0.3 is 10.4 Å². The fourth-order valence-electron chi connectivity index (χ4n) is 3.65. The van der Waals surface area contributed by atoms with Crippen LogP contribution in [0.15, 0.2) is 0 Å². The first-order valence-corrected chi connectivity index (χ1v) is 6.25. The summed E-state index contributed by atoms with van der Waals surface area (Å²) in [4.78, 5) is 0. The fourth-order valence-corrected chi connectivity index (χ4v) is 3.65. The average Bonchev–Trinajstić information content (AvgIpc) is 1.99. The number of hydrogen-bond acceptors (Lipinski definition) is 2. The summed E-state index contributed by atoms with van der Waals surface area (Å²) in [6.07, 6.45) is 3.07. The first-order chi connectivity index (χ1) is 6.85. The van der Waals surface area contributed by atoms with Gasteiger partial charge in [-0.15, -0.1) is 0 Å². The van der Waals surface area contributed by atoms with Crippen molar-refractivity contribution in [1.29, 1.82) is 0 Å². The molecule has 0 heterocycles. The van der Waals surface area contributed by atoms with Crippen LogP contribution < -0.4 is 5.32 Å². The second-order valence-electron chi connectivity index (χ2n) is 6.02. The maximum absolute atomic E-state index is 10.3. The molecule has 0 amide bonds. The molecule has 1 fully saturated rings. The first-order valence-electron chi connectivity index (χ1n) is 6.25. The normalized spacial score (nSPS) is 48.4. The zero-order valence-electron chi connectivity index (χ0n) is 10.9. The van der Waals surface area contributed by atoms with Gasteiger partial charge in [0.1, 0.15) is 0 Å². The van der Waals surface area contributed by atoms with Crippen LogP contribution in [0.1, 0.15) is 47.0 Å². The number of hydrogen-bond donors (Lipinski definition) is 2. The fraction of sp³-hybridized carbons (Fsp3) is 1.00. The minimum Gasteiger partial charge on any atom is -0.390 e. The van der Waals surface area contributed by atoms with Gasteiger partial charge in [-0.25, -0.2) is 0 Å². The Morgan fingerprint density at radius 1 is 1.13 bits per heavy atom. The second kappa shape index (κ2) is 4.84. The summed E-state index contributed by atoms with van der Waals surface area (Å²) in [6.45, 7) is 8.83. The van der Waals surface area contributed by atoms with E-state index in [0.29, 0.717) is 23.8 Å². The lowest BCUT2D eigenvalue weighted by Crippen LogP contribution is -2.45. The van der Waals surface area contributed by atoms with Crippen molar-refractivity contribution in [3.05, 3.63) is 0 Å². The maximum Gasteiger partial charge on any atom is 0.0625 e. The molecule has 1 rings (SSSR count). The predicted molar refractivity (Wildman–Crippen MR) is 64.8 cm³/mol. The van der Waals surface area contributed by atoms with E-state index in [1.54, 1.807) is 0 Å². The Bertz CT molecular complexity index is 203. The Morgan fingerprint density at radius 3 is 2.27 bits per heavy atom. The smallest absolute Gasteiger partial charge is 0.0625 e. The summed E-state index contributed by atoms with van der Waals surface area (Å²) in [5, 5.41) is 13.7. The van der Waals surface area contributed by atoms with Gasteiger partial charge in [-0.3, -0.25) is 0 Å². The van der Waals surface area contributed by atoms with Crippen LogP contribution >= 0.6 is 0 Å². The molecule has 0 aromatic heterocycles. The lowest BCUT2D eigenvalue weighted by molar-refractivity contribution is -0.00832. The van der Waals surface area contributed by atoms with Crippen LogP contribution in [-0.4, -0.2) is 23.8 Å². The summed E-state index contributed by atoms with van der Waals surface area (Å²) >= 11 is 0. The molecule has 0 bridgehead atoms. The quantitative estimate of drug-likeness (QED) is 0.701. The maximum atomic E-state index is 10.3. The summed E-state index contributed by atoms with van der Waals surface area (Å²) in [7, 11) is 2.04. The molecule has 0 aromatic carbocycles. The van der Waals surface area contributed by atoms with E-state index in [1.807, 2.05) is 14.0 Å². The van der Waals surface area contributed by atoms with Crippen molar-refractivity contribution in [2.24, 2.45) is 17.8 Å². The molecule has 0 radical (unpaired) electrons. The molecule has 0 spiro atoms. The number of aliphatic hydroxyl groups is 1. The van der Waals surface area contributed by atoms with Crippen molar-refractivity contribution in [2.45, 2.75) is 58.6 Å². The lowest BCUT2D eigenvalue weighted by Gasteiger charge is -2.39. The summed E-state index contributed by atoms with van der Waals surface area (Å²) in [5.74, 6) is 1.88. The summed E-state index contributed by atoms with van der Waals surface area (Å²) < 4.78 is 0. The Hall–Kier alpha value is -0.0800. The van der Waals surface area contributed by atoms with Crippen LogP contribution in [0.3, 0.4) is 0 Å². The van der Waals surface area contributed by atoms with Crippen LogP contribution in [0.25, 0.3) is 0 Å². The van der Waals surface area contributed by atoms with Gasteiger partial charge in [-0.05, 0) is 51.0 Å². The Morgan fingerprint density at radius 2 is 1.73 bits per heavy atom. The molecule has 90 valence electrons. The second-order valence-corrected chi connectivity index (χ2v) is 6.02. The Labute approximate surface area is 94.5 Å². The van der Waals surface area contributed by atoms with Crippen LogP contribution in [-0.2, 0) is 0 Å². The molecule has 1 aliphatic carbocycles. The van der Waals surface area contributed by atoms with Crippen molar-refractivity contribution in [3.63, 3.8) is 0 Å². The van der Waals surface area contributed by atoms with Gasteiger partial charge in [0, 0.05) is 6.04 Å². The molecular formula is C13H27NO. The topological polar surface area (TPSA) is 32.3 Å². The number of nitrogens with one attached hydrogen (secondary N) is 1. The van der Waals surface area contributed by atoms with Gasteiger partial charge in [-0.1, -0.05) is 20.8 Å². The van der Waals surface area contributed by atoms with E-state index in [4.69, 9.17) is 0 Å². The molecule has 0 aromatic rings. The molecule has 15 heavy (non-hydrogen) atoms. The lowest BCUT2D eigenvalue weighted by atomic mass is 9.73. The minimum absolute atomic E-state index is 0.478. The van der Waals surface area contributed by atoms with Gasteiger partial charge >= 0.3 is 0 Å². The van der Waals surface area contributed by atoms with Gasteiger partial charge in [-0.2, -0.15) is 0 Å². The molecule has 2 N–H and O–H groups in total. The van der Waals surface area contributed by atoms with Crippen LogP contribution in [0.4, 0.5) is 0 Å². The summed E-state index contributed by atoms with van der Waals surface area (Å²) in [5.41, 5.74) is -0.478. The molecule has 1 aliphatic rings. The third-order valence-electron chi connectivity index (χ3n) is 3.88. The molecule has 2 heteroatoms. The van der Waals surface area contributed by atoms with Gasteiger partial charge in [0.05, 0.1) is 5.60 Å². The van der Waals surface area contributed by atoms with Gasteiger partial charge in [0.2, 0.25) is 0 Å². The first kappa shape index (κ1) is 13.0. The van der Waals surface area contributed by atoms with Crippen molar-refractivity contribution < 1.29 is 5.11 Å². The van der Waals surface area contributed by atoms with Crippen molar-refractivity contribution >= 4 is 0 Å². The van der Waals surface area contributed by atoms with Gasteiger partial charge in [0.25, 0.3) is 0 Å². The standard InChI is InChI=1S/C13H27NO/c1-9-6-10(2)12(14-5)11(3)8-13(4,15)7-9/h9-12,14-15H,6-8H2,1-5H3. The minimum atomic E-state index is -0.478. The third-order valence-corrected chi connectivity index (χ3v) is 3.88. The molecule has 0 saturated heterocycles. The summed E-state index contributed by atoms with van der Waals surface area (Å²) in [6, 6.07) is 0.541. The van der Waals surface area contributed by atoms with Crippen LogP contribution in [0.5, 0.6) is 0 Å². The number of rotatable bonds is 1. The average molecular weight is 213 g/mol. The molecule has 5 unspecified atom stereocenters. The highest BCUT2D eigenvalue weighted by Crippen LogP contribution is 2.35. The third kappa shape index (κ3) is 3.46. The van der Waals surface area contributed by atoms with E-state index in [2.05, 4.69) is 26.1 Å². The van der Waals surface area contributed by atoms with Crippen molar-refractivity contribution in [3.8, 4) is 0 Å². The van der Waals surface area contributed by atoms with Crippen molar-refractivity contribution in [2.75, 3.05) is 7.05 Å². The predicted octanol–water partition coefficient (Wildman–Crippen LogP) is 2.42. The van der Waals surface area contributed by atoms with Crippen LogP contribution in [0, 0.1) is 17.8 Å². The highest BCUT2D eigenvalue weighted by atomic mass is 16.3. The van der Waals surface area contributed by atoms with E-state index >= 15 is 0 Å². The largest absolute Gasteiger partial charge is 0.390 e. The molecule has 5 atom stereocenters. The SMILES string of the molecule is CNC1C(C)CC(C)CC(C)(O)CC1C. The molecule has 2 nitrogen and oxygen atoms in total. The van der Waals surface area contributed by atoms with E-state index < -0.39 is 5.60 Å². The molecular weight excluding hydrogens is 186 g/mol. The van der Waals surface area contributed by atoms with E-state index in [1.165, 1.54) is 6.42 Å². The van der Waals surface area contributed by atoms with Crippen molar-refractivity contribution in [1.82, 2.24) is 5.32 Å². The monoisotopic (exact) mass is 213 g/mol. The highest BCUT2D eigenvalue weighted by molar-refractivity contribution is 4.88. The molecule has 0 aliphatic heterocycles. The highest BCUT2D eigenvalue weighted by Gasteiger charge is 2.34. The van der Waals surface area contributed by atoms with Crippen LogP contribution in [0.2, 0.25) is 0 Å². The molecule has 1 saturated carbocycles. The zero-order valence-corrected chi connectivity index (χ0v) is 10.9. The van der Waals surface area contributed by atoms with E-state index in [9.17, 15) is 5.11 Å². The van der Waals surface area contributed by atoms with E-state index in [-0.39, 0.29) is 0 Å². The Kier molecular flexibility index (Phi) is 4.19. The zero-order chi connectivity index (χ0) is 11.6. The Balaban J connectivity index is 2.77. The van der Waals surface area contributed by atoms with E-state index in [0.717, 1.165) is 12.8 Å². The van der Waals surface area contributed by atoms with Gasteiger partial charge in [0.15, 0.2) is 0 Å².